The number of aliphatic carboxylic acids is 1. The van der Waals surface area contributed by atoms with E-state index in [1.165, 1.54) is 17.7 Å². The maximum atomic E-state index is 13.3. The van der Waals surface area contributed by atoms with Crippen LogP contribution >= 0.6 is 0 Å². The molecule has 7 nitrogen and oxygen atoms in total. The largest absolute Gasteiger partial charge is 0.480 e. The van der Waals surface area contributed by atoms with Gasteiger partial charge in [-0.25, -0.2) is 14.2 Å². The lowest BCUT2D eigenvalue weighted by Crippen LogP contribution is -2.49. The number of aryl methyl sites for hydroxylation is 2. The van der Waals surface area contributed by atoms with Crippen molar-refractivity contribution in [1.29, 1.82) is 0 Å². The summed E-state index contributed by atoms with van der Waals surface area (Å²) in [4.78, 5) is 32.1. The van der Waals surface area contributed by atoms with Crippen molar-refractivity contribution in [3.63, 3.8) is 0 Å². The van der Waals surface area contributed by atoms with Crippen LogP contribution in [0, 0.1) is 5.82 Å². The average Bonchev–Trinajstić information content (AvgIpc) is 3.73. The number of carboxylic acid groups (broad SMARTS) is 1. The van der Waals surface area contributed by atoms with E-state index in [1.54, 1.807) is 26.0 Å². The van der Waals surface area contributed by atoms with Crippen molar-refractivity contribution in [2.45, 2.75) is 82.7 Å². The lowest BCUT2D eigenvalue weighted by molar-refractivity contribution is -0.142. The molecule has 0 bridgehead atoms. The first-order valence-electron chi connectivity index (χ1n) is 13.5. The van der Waals surface area contributed by atoms with Gasteiger partial charge in [0.15, 0.2) is 0 Å². The number of carboxylic acids is 1. The summed E-state index contributed by atoms with van der Waals surface area (Å²) in [7, 11) is 0. The Labute approximate surface area is 218 Å². The van der Waals surface area contributed by atoms with Crippen LogP contribution in [0.5, 0.6) is 0 Å². The molecule has 8 heteroatoms. The minimum atomic E-state index is -1.04. The zero-order valence-electron chi connectivity index (χ0n) is 21.9. The molecule has 2 heterocycles. The molecule has 1 aliphatic carbocycles. The van der Waals surface area contributed by atoms with Gasteiger partial charge in [0.1, 0.15) is 17.7 Å². The van der Waals surface area contributed by atoms with Crippen molar-refractivity contribution in [2.75, 3.05) is 25.0 Å². The highest BCUT2D eigenvalue weighted by Gasteiger charge is 2.34. The molecule has 1 saturated carbocycles. The number of carbonyl (C=O) groups is 2. The molecule has 2 aromatic rings. The number of nitrogens with one attached hydrogen (secondary N) is 2. The van der Waals surface area contributed by atoms with E-state index in [1.807, 2.05) is 0 Å². The molecular formula is C29H39FN4O3. The third-order valence-corrected chi connectivity index (χ3v) is 7.59. The highest BCUT2D eigenvalue weighted by atomic mass is 19.1. The summed E-state index contributed by atoms with van der Waals surface area (Å²) in [5.41, 5.74) is 2.08. The summed E-state index contributed by atoms with van der Waals surface area (Å²) < 4.78 is 13.3. The van der Waals surface area contributed by atoms with Gasteiger partial charge in [0.25, 0.3) is 0 Å². The first-order chi connectivity index (χ1) is 17.7. The van der Waals surface area contributed by atoms with E-state index in [9.17, 15) is 19.1 Å². The van der Waals surface area contributed by atoms with Gasteiger partial charge < -0.3 is 20.6 Å². The standard InChI is InChI=1S/C29H39FN4O3/c1-29(2,21-9-11-22(30)12-10-21)28(37)33-25(27(35)36)16-19-34(24-14-15-24)18-4-3-7-23-13-8-20-6-5-17-31-26(20)32-23/h8-13,24-25H,3-7,14-19H2,1-2H3,(H,31,32)(H,33,37)(H,35,36)/t25-/m0/s1. The molecule has 37 heavy (non-hydrogen) atoms. The second-order valence-corrected chi connectivity index (χ2v) is 10.8. The van der Waals surface area contributed by atoms with E-state index in [-0.39, 0.29) is 11.7 Å². The first-order valence-corrected chi connectivity index (χ1v) is 13.5. The van der Waals surface area contributed by atoms with Crippen LogP contribution in [-0.2, 0) is 27.8 Å². The molecule has 1 atom stereocenters. The normalized spacial score (nSPS) is 16.1. The quantitative estimate of drug-likeness (QED) is 0.348. The smallest absolute Gasteiger partial charge is 0.326 e. The molecule has 1 amide bonds. The van der Waals surface area contributed by atoms with E-state index in [0.717, 1.165) is 69.5 Å². The minimum absolute atomic E-state index is 0.342. The van der Waals surface area contributed by atoms with Crippen molar-refractivity contribution in [2.24, 2.45) is 0 Å². The van der Waals surface area contributed by atoms with Crippen LogP contribution in [0.4, 0.5) is 10.2 Å². The number of aromatic nitrogens is 1. The molecule has 2 aliphatic rings. The minimum Gasteiger partial charge on any atom is -0.480 e. The number of fused-ring (bicyclic) bond motifs is 1. The molecule has 200 valence electrons. The summed E-state index contributed by atoms with van der Waals surface area (Å²) in [6, 6.07) is 9.62. The van der Waals surface area contributed by atoms with Gasteiger partial charge in [0.05, 0.1) is 5.41 Å². The average molecular weight is 511 g/mol. The number of hydrogen-bond acceptors (Lipinski definition) is 5. The van der Waals surface area contributed by atoms with Gasteiger partial charge in [-0.05, 0) is 101 Å². The molecule has 4 rings (SSSR count). The van der Waals surface area contributed by atoms with Crippen molar-refractivity contribution >= 4 is 17.7 Å². The zero-order valence-corrected chi connectivity index (χ0v) is 21.9. The van der Waals surface area contributed by atoms with Gasteiger partial charge in [-0.2, -0.15) is 0 Å². The fourth-order valence-corrected chi connectivity index (χ4v) is 4.93. The Balaban J connectivity index is 1.26. The SMILES string of the molecule is CC(C)(C(=O)N[C@@H](CCN(CCCCc1ccc2c(n1)NCCC2)C1CC1)C(=O)O)c1ccc(F)cc1. The molecule has 3 N–H and O–H groups in total. The summed E-state index contributed by atoms with van der Waals surface area (Å²) in [6.45, 7) is 5.97. The van der Waals surface area contributed by atoms with E-state index in [2.05, 4.69) is 27.7 Å². The molecule has 1 fully saturated rings. The van der Waals surface area contributed by atoms with Gasteiger partial charge in [-0.15, -0.1) is 0 Å². The van der Waals surface area contributed by atoms with Crippen LogP contribution in [0.15, 0.2) is 36.4 Å². The molecule has 0 radical (unpaired) electrons. The molecule has 1 aromatic heterocycles. The Morgan fingerprint density at radius 3 is 2.62 bits per heavy atom. The Morgan fingerprint density at radius 1 is 1.16 bits per heavy atom. The first kappa shape index (κ1) is 27.0. The lowest BCUT2D eigenvalue weighted by Gasteiger charge is -2.28. The van der Waals surface area contributed by atoms with Crippen LogP contribution in [0.3, 0.4) is 0 Å². The predicted octanol–water partition coefficient (Wildman–Crippen LogP) is 4.30. The Morgan fingerprint density at radius 2 is 1.92 bits per heavy atom. The second-order valence-electron chi connectivity index (χ2n) is 10.8. The van der Waals surface area contributed by atoms with Crippen molar-refractivity contribution in [1.82, 2.24) is 15.2 Å². The predicted molar refractivity (Wildman–Crippen MR) is 142 cm³/mol. The van der Waals surface area contributed by atoms with Gasteiger partial charge in [-0.1, -0.05) is 18.2 Å². The molecule has 0 spiro atoms. The van der Waals surface area contributed by atoms with Gasteiger partial charge >= 0.3 is 5.97 Å². The van der Waals surface area contributed by atoms with Crippen molar-refractivity contribution < 1.29 is 19.1 Å². The van der Waals surface area contributed by atoms with Gasteiger partial charge in [0, 0.05) is 24.8 Å². The topological polar surface area (TPSA) is 94.6 Å². The molecule has 1 aliphatic heterocycles. The summed E-state index contributed by atoms with van der Waals surface area (Å²) >= 11 is 0. The maximum absolute atomic E-state index is 13.3. The number of hydrogen-bond donors (Lipinski definition) is 3. The van der Waals surface area contributed by atoms with Crippen LogP contribution < -0.4 is 10.6 Å². The summed E-state index contributed by atoms with van der Waals surface area (Å²) in [5, 5.41) is 15.9. The number of carbonyl (C=O) groups excluding carboxylic acids is 1. The molecule has 1 aromatic carbocycles. The number of halogens is 1. The number of pyridine rings is 1. The van der Waals surface area contributed by atoms with Crippen molar-refractivity contribution in [3.8, 4) is 0 Å². The molecular weight excluding hydrogens is 471 g/mol. The van der Waals surface area contributed by atoms with Crippen LogP contribution in [0.2, 0.25) is 0 Å². The van der Waals surface area contributed by atoms with Gasteiger partial charge in [-0.3, -0.25) is 4.79 Å². The third-order valence-electron chi connectivity index (χ3n) is 7.59. The third kappa shape index (κ3) is 7.28. The van der Waals surface area contributed by atoms with Crippen LogP contribution in [-0.4, -0.2) is 58.6 Å². The molecule has 0 saturated heterocycles. The number of amides is 1. The lowest BCUT2D eigenvalue weighted by atomic mass is 9.83. The Hall–Kier alpha value is -3.00. The Kier molecular flexibility index (Phi) is 8.79. The van der Waals surface area contributed by atoms with E-state index in [4.69, 9.17) is 4.98 Å². The van der Waals surface area contributed by atoms with Crippen molar-refractivity contribution in [3.05, 3.63) is 59.0 Å². The zero-order chi connectivity index (χ0) is 26.4. The van der Waals surface area contributed by atoms with E-state index < -0.39 is 17.4 Å². The van der Waals surface area contributed by atoms with E-state index in [0.29, 0.717) is 24.6 Å². The van der Waals surface area contributed by atoms with E-state index >= 15 is 0 Å². The summed E-state index contributed by atoms with van der Waals surface area (Å²) in [6.07, 6.45) is 7.84. The highest BCUT2D eigenvalue weighted by molar-refractivity contribution is 5.90. The molecule has 0 unspecified atom stereocenters. The van der Waals surface area contributed by atoms with Gasteiger partial charge in [0.2, 0.25) is 5.91 Å². The number of unbranched alkanes of at least 4 members (excludes halogenated alkanes) is 1. The number of nitrogens with zero attached hydrogens (tertiary/aromatic N) is 2. The second kappa shape index (κ2) is 12.0. The summed E-state index contributed by atoms with van der Waals surface area (Å²) in [5.74, 6) is -0.755. The highest BCUT2D eigenvalue weighted by Crippen LogP contribution is 2.28. The number of rotatable bonds is 13. The fourth-order valence-electron chi connectivity index (χ4n) is 4.93. The monoisotopic (exact) mass is 510 g/mol. The van der Waals surface area contributed by atoms with Crippen LogP contribution in [0.1, 0.15) is 69.2 Å². The Bertz CT molecular complexity index is 1090. The number of anilines is 1. The number of benzene rings is 1. The maximum Gasteiger partial charge on any atom is 0.326 e. The fraction of sp³-hybridized carbons (Fsp3) is 0.552. The van der Waals surface area contributed by atoms with Crippen LogP contribution in [0.25, 0.3) is 0 Å².